The van der Waals surface area contributed by atoms with Gasteiger partial charge in [-0.15, -0.1) is 0 Å². The fourth-order valence-corrected chi connectivity index (χ4v) is 3.02. The quantitative estimate of drug-likeness (QED) is 0.730. The molecule has 1 N–H and O–H groups in total. The monoisotopic (exact) mass is 299 g/mol. The lowest BCUT2D eigenvalue weighted by molar-refractivity contribution is -0.148. The average molecular weight is 299 g/mol. The molecule has 0 aliphatic heterocycles. The third kappa shape index (κ3) is 4.99. The second-order valence-corrected chi connectivity index (χ2v) is 5.99. The highest BCUT2D eigenvalue weighted by atomic mass is 16.5. The zero-order valence-electron chi connectivity index (χ0n) is 13.5. The van der Waals surface area contributed by atoms with Crippen LogP contribution in [-0.2, 0) is 14.3 Å². The van der Waals surface area contributed by atoms with Gasteiger partial charge in [0.1, 0.15) is 0 Å². The van der Waals surface area contributed by atoms with Crippen LogP contribution in [-0.4, -0.2) is 48.2 Å². The van der Waals surface area contributed by atoms with Crippen LogP contribution in [0.25, 0.3) is 0 Å². The van der Waals surface area contributed by atoms with Crippen LogP contribution in [0.3, 0.4) is 0 Å². The Hall–Kier alpha value is -1.10. The molecule has 1 fully saturated rings. The number of rotatable bonds is 7. The van der Waals surface area contributed by atoms with Crippen molar-refractivity contribution in [3.63, 3.8) is 0 Å². The van der Waals surface area contributed by atoms with Gasteiger partial charge in [-0.3, -0.25) is 9.59 Å². The summed E-state index contributed by atoms with van der Waals surface area (Å²) in [6.07, 6.45) is 5.90. The second-order valence-electron chi connectivity index (χ2n) is 5.99. The first-order chi connectivity index (χ1) is 10.0. The van der Waals surface area contributed by atoms with E-state index in [4.69, 9.17) is 4.74 Å². The fourth-order valence-electron chi connectivity index (χ4n) is 3.02. The van der Waals surface area contributed by atoms with Gasteiger partial charge in [0.05, 0.1) is 25.7 Å². The van der Waals surface area contributed by atoms with Gasteiger partial charge in [-0.25, -0.2) is 0 Å². The fraction of sp³-hybridized carbons (Fsp3) is 0.875. The third-order valence-electron chi connectivity index (χ3n) is 4.43. The summed E-state index contributed by atoms with van der Waals surface area (Å²) < 4.78 is 4.75. The molecule has 1 aliphatic rings. The molecule has 0 saturated heterocycles. The summed E-state index contributed by atoms with van der Waals surface area (Å²) in [5, 5.41) is 9.54. The number of carbonyl (C=O) groups is 2. The molecule has 1 aliphatic carbocycles. The first-order valence-electron chi connectivity index (χ1n) is 8.04. The van der Waals surface area contributed by atoms with Gasteiger partial charge in [0.2, 0.25) is 5.91 Å². The van der Waals surface area contributed by atoms with Crippen molar-refractivity contribution >= 4 is 11.9 Å². The molecular formula is C16H29NO4. The van der Waals surface area contributed by atoms with Crippen LogP contribution in [0.1, 0.15) is 52.4 Å². The number of carbonyl (C=O) groups excluding carboxylic acids is 2. The largest absolute Gasteiger partial charge is 0.469 e. The van der Waals surface area contributed by atoms with Crippen molar-refractivity contribution in [1.29, 1.82) is 0 Å². The second kappa shape index (κ2) is 9.03. The molecule has 0 heterocycles. The molecule has 1 rings (SSSR count). The summed E-state index contributed by atoms with van der Waals surface area (Å²) in [7, 11) is 1.36. The molecule has 0 aromatic carbocycles. The summed E-state index contributed by atoms with van der Waals surface area (Å²) >= 11 is 0. The van der Waals surface area contributed by atoms with Gasteiger partial charge in [0, 0.05) is 12.5 Å². The summed E-state index contributed by atoms with van der Waals surface area (Å²) in [4.78, 5) is 26.1. The van der Waals surface area contributed by atoms with Gasteiger partial charge < -0.3 is 14.7 Å². The van der Waals surface area contributed by atoms with E-state index in [2.05, 4.69) is 0 Å². The van der Waals surface area contributed by atoms with Crippen LogP contribution >= 0.6 is 0 Å². The minimum absolute atomic E-state index is 0.0456. The molecule has 21 heavy (non-hydrogen) atoms. The Morgan fingerprint density at radius 2 is 1.90 bits per heavy atom. The van der Waals surface area contributed by atoms with E-state index in [0.717, 1.165) is 25.7 Å². The molecule has 1 saturated carbocycles. The van der Waals surface area contributed by atoms with Crippen LogP contribution in [0.2, 0.25) is 0 Å². The predicted molar refractivity (Wildman–Crippen MR) is 80.6 cm³/mol. The Labute approximate surface area is 127 Å². The van der Waals surface area contributed by atoms with Crippen molar-refractivity contribution < 1.29 is 19.4 Å². The standard InChI is InChI=1S/C16H29NO4/c1-4-14(11-18)17(10-12(2)16(20)21-3)15(19)13-8-6-5-7-9-13/h12-14,18H,4-11H2,1-3H3. The van der Waals surface area contributed by atoms with Crippen LogP contribution in [0.15, 0.2) is 0 Å². The Morgan fingerprint density at radius 3 is 2.38 bits per heavy atom. The predicted octanol–water partition coefficient (Wildman–Crippen LogP) is 1.98. The summed E-state index contributed by atoms with van der Waals surface area (Å²) in [5.41, 5.74) is 0. The van der Waals surface area contributed by atoms with Crippen molar-refractivity contribution in [3.05, 3.63) is 0 Å². The Kier molecular flexibility index (Phi) is 7.72. The lowest BCUT2D eigenvalue weighted by Crippen LogP contribution is -2.48. The van der Waals surface area contributed by atoms with E-state index in [-0.39, 0.29) is 36.4 Å². The van der Waals surface area contributed by atoms with E-state index in [1.807, 2.05) is 6.92 Å². The molecule has 0 bridgehead atoms. The maximum Gasteiger partial charge on any atom is 0.310 e. The molecule has 5 nitrogen and oxygen atoms in total. The van der Waals surface area contributed by atoms with Crippen molar-refractivity contribution in [3.8, 4) is 0 Å². The molecular weight excluding hydrogens is 270 g/mol. The van der Waals surface area contributed by atoms with Gasteiger partial charge in [-0.05, 0) is 19.3 Å². The molecule has 2 unspecified atom stereocenters. The molecule has 2 atom stereocenters. The third-order valence-corrected chi connectivity index (χ3v) is 4.43. The van der Waals surface area contributed by atoms with E-state index in [9.17, 15) is 14.7 Å². The van der Waals surface area contributed by atoms with Gasteiger partial charge in [-0.1, -0.05) is 33.1 Å². The molecule has 1 amide bonds. The maximum absolute atomic E-state index is 12.8. The van der Waals surface area contributed by atoms with Crippen LogP contribution < -0.4 is 0 Å². The zero-order chi connectivity index (χ0) is 15.8. The van der Waals surface area contributed by atoms with Crippen molar-refractivity contribution in [2.45, 2.75) is 58.4 Å². The first-order valence-corrected chi connectivity index (χ1v) is 8.04. The Morgan fingerprint density at radius 1 is 1.29 bits per heavy atom. The minimum atomic E-state index is -0.372. The average Bonchev–Trinajstić information content (AvgIpc) is 2.54. The number of ether oxygens (including phenoxy) is 1. The molecule has 0 aromatic heterocycles. The van der Waals surface area contributed by atoms with Gasteiger partial charge in [-0.2, -0.15) is 0 Å². The number of amides is 1. The van der Waals surface area contributed by atoms with Gasteiger partial charge in [0.25, 0.3) is 0 Å². The van der Waals surface area contributed by atoms with E-state index in [0.29, 0.717) is 13.0 Å². The van der Waals surface area contributed by atoms with E-state index in [1.165, 1.54) is 13.5 Å². The van der Waals surface area contributed by atoms with Crippen LogP contribution in [0.4, 0.5) is 0 Å². The number of aliphatic hydroxyl groups is 1. The number of hydrogen-bond donors (Lipinski definition) is 1. The van der Waals surface area contributed by atoms with Crippen LogP contribution in [0, 0.1) is 11.8 Å². The highest BCUT2D eigenvalue weighted by molar-refractivity contribution is 5.80. The molecule has 0 spiro atoms. The highest BCUT2D eigenvalue weighted by Crippen LogP contribution is 2.27. The Bertz CT molecular complexity index is 335. The number of nitrogens with zero attached hydrogens (tertiary/aromatic N) is 1. The van der Waals surface area contributed by atoms with Gasteiger partial charge in [0.15, 0.2) is 0 Å². The van der Waals surface area contributed by atoms with Gasteiger partial charge >= 0.3 is 5.97 Å². The zero-order valence-corrected chi connectivity index (χ0v) is 13.5. The topological polar surface area (TPSA) is 66.8 Å². The summed E-state index contributed by atoms with van der Waals surface area (Å²) in [5.74, 6) is -0.553. The lowest BCUT2D eigenvalue weighted by atomic mass is 9.87. The van der Waals surface area contributed by atoms with Crippen molar-refractivity contribution in [1.82, 2.24) is 4.90 Å². The normalized spacial score (nSPS) is 18.9. The number of hydrogen-bond acceptors (Lipinski definition) is 4. The summed E-state index contributed by atoms with van der Waals surface area (Å²) in [6, 6.07) is -0.216. The van der Waals surface area contributed by atoms with Crippen molar-refractivity contribution in [2.75, 3.05) is 20.3 Å². The molecule has 0 aromatic rings. The van der Waals surface area contributed by atoms with Crippen LogP contribution in [0.5, 0.6) is 0 Å². The van der Waals surface area contributed by atoms with E-state index < -0.39 is 0 Å². The maximum atomic E-state index is 12.8. The van der Waals surface area contributed by atoms with E-state index >= 15 is 0 Å². The molecule has 122 valence electrons. The highest BCUT2D eigenvalue weighted by Gasteiger charge is 2.31. The lowest BCUT2D eigenvalue weighted by Gasteiger charge is -2.35. The summed E-state index contributed by atoms with van der Waals surface area (Å²) in [6.45, 7) is 3.96. The molecule has 0 radical (unpaired) electrons. The van der Waals surface area contributed by atoms with Crippen molar-refractivity contribution in [2.24, 2.45) is 11.8 Å². The SMILES string of the molecule is CCC(CO)N(CC(C)C(=O)OC)C(=O)C1CCCCC1. The minimum Gasteiger partial charge on any atom is -0.469 e. The first kappa shape index (κ1) is 18.0. The number of esters is 1. The smallest absolute Gasteiger partial charge is 0.310 e. The van der Waals surface area contributed by atoms with E-state index in [1.54, 1.807) is 11.8 Å². The number of methoxy groups -OCH3 is 1. The Balaban J connectivity index is 2.79. The number of aliphatic hydroxyl groups excluding tert-OH is 1. The molecule has 5 heteroatoms.